The largest absolute Gasteiger partial charge is 0.350 e. The highest BCUT2D eigenvalue weighted by molar-refractivity contribution is 6.04. The number of imide groups is 1. The molecule has 0 aromatic heterocycles. The first-order valence-electron chi connectivity index (χ1n) is 6.37. The molecule has 1 aliphatic rings. The molecule has 5 nitrogen and oxygen atoms in total. The van der Waals surface area contributed by atoms with Crippen molar-refractivity contribution in [1.29, 1.82) is 0 Å². The number of anilines is 1. The van der Waals surface area contributed by atoms with Gasteiger partial charge in [0.15, 0.2) is 0 Å². The molecule has 1 unspecified atom stereocenters. The Balaban J connectivity index is 2.39. The van der Waals surface area contributed by atoms with Gasteiger partial charge in [-0.15, -0.1) is 0 Å². The Morgan fingerprint density at radius 2 is 2.16 bits per heavy atom. The lowest BCUT2D eigenvalue weighted by Crippen LogP contribution is -2.57. The fourth-order valence-corrected chi connectivity index (χ4v) is 2.33. The molecule has 2 amide bonds. The van der Waals surface area contributed by atoms with Gasteiger partial charge in [0.2, 0.25) is 11.8 Å². The lowest BCUT2D eigenvalue weighted by Gasteiger charge is -2.35. The van der Waals surface area contributed by atoms with Crippen LogP contribution in [-0.2, 0) is 16.1 Å². The number of nitrogens with zero attached hydrogens (tertiary/aromatic N) is 1. The number of hydrogen-bond donors (Lipinski definition) is 2. The summed E-state index contributed by atoms with van der Waals surface area (Å²) in [6.07, 6.45) is 0. The van der Waals surface area contributed by atoms with Gasteiger partial charge in [0.05, 0.1) is 6.54 Å². The van der Waals surface area contributed by atoms with Crippen LogP contribution < -0.4 is 15.5 Å². The Bertz CT molecular complexity index is 513. The van der Waals surface area contributed by atoms with E-state index in [-0.39, 0.29) is 24.4 Å². The van der Waals surface area contributed by atoms with Crippen LogP contribution in [0.1, 0.15) is 18.1 Å². The summed E-state index contributed by atoms with van der Waals surface area (Å²) in [6.45, 7) is 4.76. The summed E-state index contributed by atoms with van der Waals surface area (Å²) >= 11 is 0. The maximum absolute atomic E-state index is 11.7. The smallest absolute Gasteiger partial charge is 0.249 e. The summed E-state index contributed by atoms with van der Waals surface area (Å²) in [6, 6.07) is 5.72. The van der Waals surface area contributed by atoms with Crippen molar-refractivity contribution in [3.05, 3.63) is 29.3 Å². The minimum absolute atomic E-state index is 0.215. The first-order chi connectivity index (χ1) is 9.02. The van der Waals surface area contributed by atoms with Crippen molar-refractivity contribution in [1.82, 2.24) is 10.6 Å². The molecule has 19 heavy (non-hydrogen) atoms. The maximum Gasteiger partial charge on any atom is 0.249 e. The van der Waals surface area contributed by atoms with Gasteiger partial charge >= 0.3 is 0 Å². The van der Waals surface area contributed by atoms with Gasteiger partial charge in [-0.1, -0.05) is 17.7 Å². The third-order valence-corrected chi connectivity index (χ3v) is 3.34. The second kappa shape index (κ2) is 5.40. The van der Waals surface area contributed by atoms with Crippen LogP contribution in [0.4, 0.5) is 5.69 Å². The number of benzene rings is 1. The number of amides is 2. The van der Waals surface area contributed by atoms with Crippen molar-refractivity contribution in [2.75, 3.05) is 18.5 Å². The number of aryl methyl sites for hydroxylation is 1. The normalized spacial score (nSPS) is 19.5. The first kappa shape index (κ1) is 13.5. The quantitative estimate of drug-likeness (QED) is 0.781. The minimum Gasteiger partial charge on any atom is -0.350 e. The molecule has 1 aliphatic heterocycles. The standard InChI is InChI=1S/C14H19N3O2/c1-9-4-5-12(11(6-9)7-15-3)17-8-13(18)16-14(19)10(17)2/h4-6,10,15H,7-8H2,1-3H3,(H,16,18,19). The van der Waals surface area contributed by atoms with Crippen LogP contribution in [0.2, 0.25) is 0 Å². The molecule has 5 heteroatoms. The topological polar surface area (TPSA) is 61.4 Å². The predicted octanol–water partition coefficient (Wildman–Crippen LogP) is 0.566. The van der Waals surface area contributed by atoms with E-state index in [0.717, 1.165) is 16.8 Å². The van der Waals surface area contributed by atoms with Crippen LogP contribution in [-0.4, -0.2) is 31.4 Å². The molecule has 102 valence electrons. The molecule has 1 heterocycles. The van der Waals surface area contributed by atoms with Crippen molar-refractivity contribution in [2.45, 2.75) is 26.4 Å². The van der Waals surface area contributed by atoms with E-state index in [1.54, 1.807) is 0 Å². The number of carbonyl (C=O) groups excluding carboxylic acids is 2. The molecule has 0 spiro atoms. The molecule has 0 bridgehead atoms. The van der Waals surface area contributed by atoms with Crippen LogP contribution in [0.25, 0.3) is 0 Å². The average molecular weight is 261 g/mol. The average Bonchev–Trinajstić information content (AvgIpc) is 2.35. The highest BCUT2D eigenvalue weighted by Gasteiger charge is 2.31. The van der Waals surface area contributed by atoms with E-state index in [4.69, 9.17) is 0 Å². The second-order valence-corrected chi connectivity index (χ2v) is 4.88. The van der Waals surface area contributed by atoms with Crippen molar-refractivity contribution in [2.24, 2.45) is 0 Å². The molecular formula is C14H19N3O2. The fraction of sp³-hybridized carbons (Fsp3) is 0.429. The zero-order chi connectivity index (χ0) is 14.0. The third-order valence-electron chi connectivity index (χ3n) is 3.34. The van der Waals surface area contributed by atoms with Gasteiger partial charge in [0.25, 0.3) is 0 Å². The highest BCUT2D eigenvalue weighted by atomic mass is 16.2. The molecule has 2 rings (SSSR count). The molecule has 1 aromatic carbocycles. The van der Waals surface area contributed by atoms with Crippen molar-refractivity contribution in [3.8, 4) is 0 Å². The maximum atomic E-state index is 11.7. The lowest BCUT2D eigenvalue weighted by molar-refractivity contribution is -0.132. The number of rotatable bonds is 3. The zero-order valence-corrected chi connectivity index (χ0v) is 11.5. The number of hydrogen-bond acceptors (Lipinski definition) is 4. The van der Waals surface area contributed by atoms with Gasteiger partial charge in [-0.25, -0.2) is 0 Å². The Hall–Kier alpha value is -1.88. The summed E-state index contributed by atoms with van der Waals surface area (Å²) in [4.78, 5) is 25.1. The molecule has 0 radical (unpaired) electrons. The SMILES string of the molecule is CNCc1cc(C)ccc1N1CC(=O)NC(=O)C1C. The van der Waals surface area contributed by atoms with E-state index < -0.39 is 0 Å². The molecular weight excluding hydrogens is 242 g/mol. The lowest BCUT2D eigenvalue weighted by atomic mass is 10.1. The summed E-state index contributed by atoms with van der Waals surface area (Å²) in [5.41, 5.74) is 3.20. The molecule has 1 saturated heterocycles. The fourth-order valence-electron chi connectivity index (χ4n) is 2.33. The van der Waals surface area contributed by atoms with Gasteiger partial charge < -0.3 is 10.2 Å². The van der Waals surface area contributed by atoms with Crippen molar-refractivity contribution in [3.63, 3.8) is 0 Å². The van der Waals surface area contributed by atoms with Gasteiger partial charge in [0, 0.05) is 12.2 Å². The van der Waals surface area contributed by atoms with E-state index in [2.05, 4.69) is 16.7 Å². The van der Waals surface area contributed by atoms with E-state index in [9.17, 15) is 9.59 Å². The van der Waals surface area contributed by atoms with E-state index >= 15 is 0 Å². The Labute approximate surface area is 113 Å². The first-order valence-corrected chi connectivity index (χ1v) is 6.37. The van der Waals surface area contributed by atoms with E-state index in [1.807, 2.05) is 37.9 Å². The number of carbonyl (C=O) groups is 2. The zero-order valence-electron chi connectivity index (χ0n) is 11.5. The Kier molecular flexibility index (Phi) is 3.85. The number of nitrogens with one attached hydrogen (secondary N) is 2. The molecule has 2 N–H and O–H groups in total. The Morgan fingerprint density at radius 3 is 2.84 bits per heavy atom. The van der Waals surface area contributed by atoms with Gasteiger partial charge in [-0.3, -0.25) is 14.9 Å². The molecule has 0 saturated carbocycles. The second-order valence-electron chi connectivity index (χ2n) is 4.88. The van der Waals surface area contributed by atoms with Gasteiger partial charge in [0.1, 0.15) is 6.04 Å². The third kappa shape index (κ3) is 2.76. The van der Waals surface area contributed by atoms with Crippen LogP contribution >= 0.6 is 0 Å². The molecule has 1 fully saturated rings. The van der Waals surface area contributed by atoms with Gasteiger partial charge in [-0.2, -0.15) is 0 Å². The summed E-state index contributed by atoms with van der Waals surface area (Å²) in [5.74, 6) is -0.494. The number of piperazine rings is 1. The van der Waals surface area contributed by atoms with Crippen LogP contribution in [0, 0.1) is 6.92 Å². The van der Waals surface area contributed by atoms with Crippen molar-refractivity contribution >= 4 is 17.5 Å². The molecule has 1 aromatic rings. The minimum atomic E-state index is -0.337. The monoisotopic (exact) mass is 261 g/mol. The van der Waals surface area contributed by atoms with Gasteiger partial charge in [-0.05, 0) is 32.5 Å². The summed E-state index contributed by atoms with van der Waals surface area (Å²) in [5, 5.41) is 5.47. The van der Waals surface area contributed by atoms with E-state index in [1.165, 1.54) is 0 Å². The van der Waals surface area contributed by atoms with Crippen LogP contribution in [0.15, 0.2) is 18.2 Å². The Morgan fingerprint density at radius 1 is 1.42 bits per heavy atom. The predicted molar refractivity (Wildman–Crippen MR) is 73.9 cm³/mol. The summed E-state index contributed by atoms with van der Waals surface area (Å²) < 4.78 is 0. The van der Waals surface area contributed by atoms with Crippen LogP contribution in [0.3, 0.4) is 0 Å². The highest BCUT2D eigenvalue weighted by Crippen LogP contribution is 2.25. The molecule has 1 atom stereocenters. The van der Waals surface area contributed by atoms with Crippen LogP contribution in [0.5, 0.6) is 0 Å². The molecule has 0 aliphatic carbocycles. The summed E-state index contributed by atoms with van der Waals surface area (Å²) in [7, 11) is 1.88. The van der Waals surface area contributed by atoms with Crippen molar-refractivity contribution < 1.29 is 9.59 Å². The van der Waals surface area contributed by atoms with E-state index in [0.29, 0.717) is 6.54 Å².